The highest BCUT2D eigenvalue weighted by molar-refractivity contribution is 6.42. The molecule has 18 heavy (non-hydrogen) atoms. The van der Waals surface area contributed by atoms with E-state index in [0.29, 0.717) is 10.0 Å². The highest BCUT2D eigenvalue weighted by atomic mass is 35.5. The summed E-state index contributed by atoms with van der Waals surface area (Å²) in [5.74, 6) is 0. The molecule has 0 bridgehead atoms. The maximum Gasteiger partial charge on any atom is 0.0936 e. The summed E-state index contributed by atoms with van der Waals surface area (Å²) in [5.41, 5.74) is 1.12. The maximum absolute atomic E-state index is 9.18. The first kappa shape index (κ1) is 14.1. The largest absolute Gasteiger partial charge is 0.394 e. The van der Waals surface area contributed by atoms with Crippen LogP contribution in [0.1, 0.15) is 12.5 Å². The Morgan fingerprint density at radius 3 is 2.78 bits per heavy atom. The van der Waals surface area contributed by atoms with Crippen molar-refractivity contribution in [3.05, 3.63) is 33.8 Å². The van der Waals surface area contributed by atoms with E-state index in [1.54, 1.807) is 0 Å². The Balaban J connectivity index is 2.01. The van der Waals surface area contributed by atoms with Gasteiger partial charge in [-0.2, -0.15) is 0 Å². The molecule has 2 atom stereocenters. The van der Waals surface area contributed by atoms with E-state index < -0.39 is 0 Å². The molecule has 0 aromatic heterocycles. The van der Waals surface area contributed by atoms with Gasteiger partial charge in [0.25, 0.3) is 0 Å². The predicted octanol–water partition coefficient (Wildman–Crippen LogP) is 2.58. The van der Waals surface area contributed by atoms with E-state index in [2.05, 4.69) is 4.90 Å². The van der Waals surface area contributed by atoms with Gasteiger partial charge >= 0.3 is 0 Å². The standard InChI is InChI=1S/C13H17Cl2NO2/c1-9-5-16(7-11(8-17)18-9)6-10-2-3-12(14)13(15)4-10/h2-4,9,11,17H,5-8H2,1H3. The van der Waals surface area contributed by atoms with Crippen LogP contribution >= 0.6 is 23.2 Å². The molecule has 100 valence electrons. The fourth-order valence-electron chi connectivity index (χ4n) is 2.27. The van der Waals surface area contributed by atoms with Crippen molar-refractivity contribution in [2.75, 3.05) is 19.7 Å². The first-order valence-electron chi connectivity index (χ1n) is 6.01. The Labute approximate surface area is 117 Å². The fourth-order valence-corrected chi connectivity index (χ4v) is 2.59. The number of ether oxygens (including phenoxy) is 1. The monoisotopic (exact) mass is 289 g/mol. The van der Waals surface area contributed by atoms with Crippen molar-refractivity contribution >= 4 is 23.2 Å². The summed E-state index contributed by atoms with van der Waals surface area (Å²) in [6.45, 7) is 4.46. The lowest BCUT2D eigenvalue weighted by Crippen LogP contribution is -2.47. The number of benzene rings is 1. The van der Waals surface area contributed by atoms with E-state index in [9.17, 15) is 5.11 Å². The molecule has 1 aliphatic rings. The van der Waals surface area contributed by atoms with Gasteiger partial charge in [0.2, 0.25) is 0 Å². The van der Waals surface area contributed by atoms with Gasteiger partial charge in [-0.05, 0) is 24.6 Å². The number of aliphatic hydroxyl groups excluding tert-OH is 1. The normalized spacial score (nSPS) is 25.3. The molecule has 1 aromatic carbocycles. The van der Waals surface area contributed by atoms with Crippen molar-refractivity contribution in [1.29, 1.82) is 0 Å². The first-order chi connectivity index (χ1) is 8.58. The number of aliphatic hydroxyl groups is 1. The third-order valence-electron chi connectivity index (χ3n) is 3.00. The molecule has 2 unspecified atom stereocenters. The van der Waals surface area contributed by atoms with Crippen LogP contribution in [-0.2, 0) is 11.3 Å². The van der Waals surface area contributed by atoms with Gasteiger partial charge in [0.05, 0.1) is 28.9 Å². The molecule has 1 N–H and O–H groups in total. The fraction of sp³-hybridized carbons (Fsp3) is 0.538. The predicted molar refractivity (Wildman–Crippen MR) is 73.2 cm³/mol. The van der Waals surface area contributed by atoms with Gasteiger partial charge in [0, 0.05) is 19.6 Å². The minimum atomic E-state index is -0.100. The third kappa shape index (κ3) is 3.59. The van der Waals surface area contributed by atoms with Crippen molar-refractivity contribution in [2.24, 2.45) is 0 Å². The molecule has 0 spiro atoms. The molecular weight excluding hydrogens is 273 g/mol. The lowest BCUT2D eigenvalue weighted by atomic mass is 10.1. The van der Waals surface area contributed by atoms with Crippen molar-refractivity contribution in [3.63, 3.8) is 0 Å². The number of rotatable bonds is 3. The van der Waals surface area contributed by atoms with Crippen LogP contribution in [-0.4, -0.2) is 41.9 Å². The maximum atomic E-state index is 9.18. The van der Waals surface area contributed by atoms with Gasteiger partial charge in [-0.3, -0.25) is 4.90 Å². The van der Waals surface area contributed by atoms with Crippen LogP contribution < -0.4 is 0 Å². The Kier molecular flexibility index (Phi) is 4.87. The Morgan fingerprint density at radius 2 is 2.11 bits per heavy atom. The Hall–Kier alpha value is -0.320. The molecule has 0 radical (unpaired) electrons. The zero-order chi connectivity index (χ0) is 13.1. The molecule has 1 aromatic rings. The molecule has 1 saturated heterocycles. The van der Waals surface area contributed by atoms with Crippen molar-refractivity contribution in [1.82, 2.24) is 4.90 Å². The zero-order valence-corrected chi connectivity index (χ0v) is 11.8. The average molecular weight is 290 g/mol. The van der Waals surface area contributed by atoms with E-state index in [1.165, 1.54) is 0 Å². The molecule has 3 nitrogen and oxygen atoms in total. The quantitative estimate of drug-likeness (QED) is 0.928. The van der Waals surface area contributed by atoms with Crippen LogP contribution in [0.3, 0.4) is 0 Å². The van der Waals surface area contributed by atoms with Crippen molar-refractivity contribution in [2.45, 2.75) is 25.7 Å². The molecule has 5 heteroatoms. The second-order valence-electron chi connectivity index (χ2n) is 4.69. The van der Waals surface area contributed by atoms with Gasteiger partial charge in [-0.1, -0.05) is 29.3 Å². The summed E-state index contributed by atoms with van der Waals surface area (Å²) in [4.78, 5) is 2.26. The van der Waals surface area contributed by atoms with Gasteiger partial charge in [-0.15, -0.1) is 0 Å². The molecule has 0 amide bonds. The van der Waals surface area contributed by atoms with E-state index in [4.69, 9.17) is 27.9 Å². The lowest BCUT2D eigenvalue weighted by molar-refractivity contribution is -0.0972. The van der Waals surface area contributed by atoms with Gasteiger partial charge in [0.15, 0.2) is 0 Å². The number of hydrogen-bond acceptors (Lipinski definition) is 3. The van der Waals surface area contributed by atoms with Crippen LogP contribution in [0.5, 0.6) is 0 Å². The van der Waals surface area contributed by atoms with Crippen LogP contribution in [0.2, 0.25) is 10.0 Å². The Morgan fingerprint density at radius 1 is 1.33 bits per heavy atom. The van der Waals surface area contributed by atoms with Gasteiger partial charge in [-0.25, -0.2) is 0 Å². The molecular formula is C13H17Cl2NO2. The highest BCUT2D eigenvalue weighted by Gasteiger charge is 2.24. The summed E-state index contributed by atoms with van der Waals surface area (Å²) in [6.07, 6.45) is 0.0372. The van der Waals surface area contributed by atoms with Crippen LogP contribution in [0.4, 0.5) is 0 Å². The molecule has 2 rings (SSSR count). The molecule has 0 aliphatic carbocycles. The van der Waals surface area contributed by atoms with E-state index in [0.717, 1.165) is 25.2 Å². The number of hydrogen-bond donors (Lipinski definition) is 1. The lowest BCUT2D eigenvalue weighted by Gasteiger charge is -2.36. The highest BCUT2D eigenvalue weighted by Crippen LogP contribution is 2.24. The molecule has 0 saturated carbocycles. The summed E-state index contributed by atoms with van der Waals surface area (Å²) in [6, 6.07) is 5.67. The number of halogens is 2. The minimum absolute atomic E-state index is 0.0578. The first-order valence-corrected chi connectivity index (χ1v) is 6.76. The molecule has 1 aliphatic heterocycles. The van der Waals surface area contributed by atoms with Crippen LogP contribution in [0, 0.1) is 0 Å². The minimum Gasteiger partial charge on any atom is -0.394 e. The third-order valence-corrected chi connectivity index (χ3v) is 3.73. The van der Waals surface area contributed by atoms with E-state index in [1.807, 2.05) is 25.1 Å². The van der Waals surface area contributed by atoms with Crippen LogP contribution in [0.15, 0.2) is 18.2 Å². The smallest absolute Gasteiger partial charge is 0.0936 e. The summed E-state index contributed by atoms with van der Waals surface area (Å²) >= 11 is 11.9. The second-order valence-corrected chi connectivity index (χ2v) is 5.51. The zero-order valence-electron chi connectivity index (χ0n) is 10.3. The number of nitrogens with zero attached hydrogens (tertiary/aromatic N) is 1. The average Bonchev–Trinajstić information content (AvgIpc) is 2.33. The van der Waals surface area contributed by atoms with Crippen molar-refractivity contribution < 1.29 is 9.84 Å². The van der Waals surface area contributed by atoms with E-state index in [-0.39, 0.29) is 18.8 Å². The summed E-state index contributed by atoms with van der Waals surface area (Å²) < 4.78 is 5.61. The summed E-state index contributed by atoms with van der Waals surface area (Å²) in [7, 11) is 0. The molecule has 1 heterocycles. The topological polar surface area (TPSA) is 32.7 Å². The number of morpholine rings is 1. The van der Waals surface area contributed by atoms with Gasteiger partial charge < -0.3 is 9.84 Å². The van der Waals surface area contributed by atoms with Crippen LogP contribution in [0.25, 0.3) is 0 Å². The van der Waals surface area contributed by atoms with E-state index >= 15 is 0 Å². The van der Waals surface area contributed by atoms with Crippen molar-refractivity contribution in [3.8, 4) is 0 Å². The van der Waals surface area contributed by atoms with Gasteiger partial charge in [0.1, 0.15) is 0 Å². The Bertz CT molecular complexity index is 414. The summed E-state index contributed by atoms with van der Waals surface area (Å²) in [5, 5.41) is 10.3. The molecule has 1 fully saturated rings. The SMILES string of the molecule is CC1CN(Cc2ccc(Cl)c(Cl)c2)CC(CO)O1. The second kappa shape index (κ2) is 6.22.